The highest BCUT2D eigenvalue weighted by Gasteiger charge is 2.34. The van der Waals surface area contributed by atoms with Crippen LogP contribution in [0.4, 0.5) is 0 Å². The van der Waals surface area contributed by atoms with Crippen molar-refractivity contribution in [3.05, 3.63) is 46.4 Å². The molecule has 5 atom stereocenters. The van der Waals surface area contributed by atoms with Crippen molar-refractivity contribution in [1.29, 1.82) is 0 Å². The van der Waals surface area contributed by atoms with Crippen molar-refractivity contribution in [2.45, 2.75) is 128 Å². The minimum absolute atomic E-state index is 0.00156. The number of benzene rings is 1. The first-order valence-electron chi connectivity index (χ1n) is 16.8. The largest absolute Gasteiger partial charge is 0.497 e. The highest BCUT2D eigenvalue weighted by atomic mass is 32.1. The lowest BCUT2D eigenvalue weighted by molar-refractivity contribution is -0.133. The molecule has 1 heterocycles. The number of thiazole rings is 1. The van der Waals surface area contributed by atoms with Gasteiger partial charge < -0.3 is 36.6 Å². The SMILES string of the molecule is COc1ccc(C[C@H](NC(=O)CC(C)(C)N)C(=O)N[C@@H](Cc2cscn2)C(=O)N[C@@H](CC2CCCCC2)[C@@H](O)[C@@H](O)CC(C)C)cc1. The van der Waals surface area contributed by atoms with Crippen LogP contribution in [-0.2, 0) is 27.2 Å². The van der Waals surface area contributed by atoms with Crippen molar-refractivity contribution in [1.82, 2.24) is 20.9 Å². The Labute approximate surface area is 283 Å². The molecule has 1 aromatic carbocycles. The van der Waals surface area contributed by atoms with Crippen molar-refractivity contribution in [3.8, 4) is 5.75 Å². The summed E-state index contributed by atoms with van der Waals surface area (Å²) in [5.41, 5.74) is 8.37. The van der Waals surface area contributed by atoms with E-state index >= 15 is 0 Å². The summed E-state index contributed by atoms with van der Waals surface area (Å²) in [5, 5.41) is 32.7. The number of carbonyl (C=O) groups is 3. The zero-order valence-electron chi connectivity index (χ0n) is 28.5. The molecule has 0 radical (unpaired) electrons. The van der Waals surface area contributed by atoms with E-state index in [1.165, 1.54) is 17.8 Å². The first-order valence-corrected chi connectivity index (χ1v) is 17.7. The Bertz CT molecular complexity index is 1240. The van der Waals surface area contributed by atoms with Crippen LogP contribution < -0.4 is 26.4 Å². The van der Waals surface area contributed by atoms with Gasteiger partial charge in [-0.1, -0.05) is 58.1 Å². The van der Waals surface area contributed by atoms with Crippen molar-refractivity contribution in [2.75, 3.05) is 7.11 Å². The highest BCUT2D eigenvalue weighted by Crippen LogP contribution is 2.29. The number of hydrogen-bond donors (Lipinski definition) is 6. The molecule has 12 heteroatoms. The molecule has 1 aliphatic carbocycles. The van der Waals surface area contributed by atoms with Crippen LogP contribution in [0.2, 0.25) is 0 Å². The molecule has 1 aliphatic rings. The third-order valence-corrected chi connectivity index (χ3v) is 9.19. The zero-order chi connectivity index (χ0) is 34.6. The van der Waals surface area contributed by atoms with Crippen LogP contribution in [0.25, 0.3) is 0 Å². The number of ether oxygens (including phenoxy) is 1. The second kappa shape index (κ2) is 18.5. The van der Waals surface area contributed by atoms with Crippen LogP contribution in [0.1, 0.15) is 90.3 Å². The average molecular weight is 674 g/mol. The molecule has 0 spiro atoms. The number of amides is 3. The maximum atomic E-state index is 14.0. The first kappa shape index (κ1) is 38.4. The number of methoxy groups -OCH3 is 1. The van der Waals surface area contributed by atoms with E-state index in [-0.39, 0.29) is 31.1 Å². The molecule has 11 nitrogen and oxygen atoms in total. The molecule has 1 fully saturated rings. The zero-order valence-corrected chi connectivity index (χ0v) is 29.4. The molecule has 0 aliphatic heterocycles. The van der Waals surface area contributed by atoms with E-state index in [9.17, 15) is 24.6 Å². The molecule has 1 aromatic heterocycles. The summed E-state index contributed by atoms with van der Waals surface area (Å²) in [7, 11) is 1.57. The number of aliphatic hydroxyl groups excluding tert-OH is 2. The Kier molecular flexibility index (Phi) is 15.1. The number of rotatable bonds is 18. The van der Waals surface area contributed by atoms with Crippen LogP contribution >= 0.6 is 11.3 Å². The van der Waals surface area contributed by atoms with Gasteiger partial charge in [0, 0.05) is 30.2 Å². The minimum atomic E-state index is -1.17. The molecule has 262 valence electrons. The molecule has 2 aromatic rings. The molecule has 1 saturated carbocycles. The van der Waals surface area contributed by atoms with E-state index in [1.807, 2.05) is 31.4 Å². The molecule has 3 rings (SSSR count). The number of aliphatic hydroxyl groups is 2. The molecular formula is C35H55N5O6S. The summed E-state index contributed by atoms with van der Waals surface area (Å²) in [6.07, 6.45) is 4.41. The molecule has 3 amide bonds. The van der Waals surface area contributed by atoms with Crippen LogP contribution in [0, 0.1) is 11.8 Å². The Morgan fingerprint density at radius 3 is 2.21 bits per heavy atom. The summed E-state index contributed by atoms with van der Waals surface area (Å²) in [6.45, 7) is 7.41. The maximum Gasteiger partial charge on any atom is 0.243 e. The van der Waals surface area contributed by atoms with Gasteiger partial charge in [0.1, 0.15) is 23.9 Å². The summed E-state index contributed by atoms with van der Waals surface area (Å²) >= 11 is 1.38. The van der Waals surface area contributed by atoms with Gasteiger partial charge in [0.15, 0.2) is 0 Å². The topological polar surface area (TPSA) is 176 Å². The van der Waals surface area contributed by atoms with E-state index in [0.717, 1.165) is 31.2 Å². The van der Waals surface area contributed by atoms with E-state index in [4.69, 9.17) is 10.5 Å². The standard InChI is InChI=1S/C35H55N5O6S/c1-22(2)15-30(41)32(43)27(16-23-9-7-6-8-10-23)39-34(45)29(18-25-20-47-21-37-25)40-33(44)28(38-31(42)19-35(3,4)36)17-24-11-13-26(46-5)14-12-24/h11-14,20-23,27-30,32,41,43H,6-10,15-19,36H2,1-5H3,(H,38,42)(H,39,45)(H,40,44)/t27-,28-,29-,30-,32+/m0/s1. The molecular weight excluding hydrogens is 618 g/mol. The fraction of sp³-hybridized carbons (Fsp3) is 0.657. The summed E-state index contributed by atoms with van der Waals surface area (Å²) in [5.74, 6) is -0.278. The van der Waals surface area contributed by atoms with Crippen LogP contribution in [-0.4, -0.2) is 75.9 Å². The van der Waals surface area contributed by atoms with Gasteiger partial charge in [0.2, 0.25) is 17.7 Å². The Morgan fingerprint density at radius 1 is 1.00 bits per heavy atom. The Morgan fingerprint density at radius 2 is 1.64 bits per heavy atom. The lowest BCUT2D eigenvalue weighted by Crippen LogP contribution is -2.58. The van der Waals surface area contributed by atoms with Gasteiger partial charge >= 0.3 is 0 Å². The fourth-order valence-electron chi connectivity index (χ4n) is 6.13. The molecule has 47 heavy (non-hydrogen) atoms. The van der Waals surface area contributed by atoms with Gasteiger partial charge in [-0.2, -0.15) is 0 Å². The van der Waals surface area contributed by atoms with Gasteiger partial charge in [-0.15, -0.1) is 11.3 Å². The summed E-state index contributed by atoms with van der Waals surface area (Å²) in [6, 6.07) is 4.44. The number of nitrogens with two attached hydrogens (primary N) is 1. The maximum absolute atomic E-state index is 14.0. The molecule has 0 unspecified atom stereocenters. The van der Waals surface area contributed by atoms with Gasteiger partial charge in [-0.3, -0.25) is 14.4 Å². The smallest absolute Gasteiger partial charge is 0.243 e. The van der Waals surface area contributed by atoms with Crippen LogP contribution in [0.15, 0.2) is 35.2 Å². The van der Waals surface area contributed by atoms with Crippen molar-refractivity contribution >= 4 is 29.1 Å². The third kappa shape index (κ3) is 13.5. The first-order chi connectivity index (χ1) is 22.2. The van der Waals surface area contributed by atoms with Crippen molar-refractivity contribution < 1.29 is 29.3 Å². The molecule has 7 N–H and O–H groups in total. The van der Waals surface area contributed by atoms with E-state index in [0.29, 0.717) is 30.2 Å². The predicted octanol–water partition coefficient (Wildman–Crippen LogP) is 3.26. The van der Waals surface area contributed by atoms with E-state index < -0.39 is 47.7 Å². The lowest BCUT2D eigenvalue weighted by atomic mass is 9.82. The van der Waals surface area contributed by atoms with Crippen LogP contribution in [0.3, 0.4) is 0 Å². The average Bonchev–Trinajstić information content (AvgIpc) is 3.52. The number of carbonyl (C=O) groups excluding carboxylic acids is 3. The van der Waals surface area contributed by atoms with E-state index in [1.54, 1.807) is 38.6 Å². The van der Waals surface area contributed by atoms with E-state index in [2.05, 4.69) is 20.9 Å². The molecule has 0 saturated heterocycles. The Balaban J connectivity index is 1.85. The number of hydrogen-bond acceptors (Lipinski definition) is 9. The van der Waals surface area contributed by atoms with Crippen molar-refractivity contribution in [2.24, 2.45) is 17.6 Å². The van der Waals surface area contributed by atoms with Gasteiger partial charge in [-0.05, 0) is 56.2 Å². The predicted molar refractivity (Wildman–Crippen MR) is 184 cm³/mol. The van der Waals surface area contributed by atoms with Crippen LogP contribution in [0.5, 0.6) is 5.75 Å². The van der Waals surface area contributed by atoms with Crippen molar-refractivity contribution in [3.63, 3.8) is 0 Å². The monoisotopic (exact) mass is 673 g/mol. The normalized spacial score (nSPS) is 17.3. The number of nitrogens with zero attached hydrogens (tertiary/aromatic N) is 1. The Hall–Kier alpha value is -3.06. The highest BCUT2D eigenvalue weighted by molar-refractivity contribution is 7.07. The second-order valence-electron chi connectivity index (χ2n) is 14.1. The number of nitrogens with one attached hydrogen (secondary N) is 3. The summed E-state index contributed by atoms with van der Waals surface area (Å²) in [4.78, 5) is 45.2. The molecule has 0 bridgehead atoms. The minimum Gasteiger partial charge on any atom is -0.497 e. The quantitative estimate of drug-likeness (QED) is 0.140. The van der Waals surface area contributed by atoms with Gasteiger partial charge in [0.05, 0.1) is 30.5 Å². The summed E-state index contributed by atoms with van der Waals surface area (Å²) < 4.78 is 5.25. The fourth-order valence-corrected chi connectivity index (χ4v) is 6.71. The lowest BCUT2D eigenvalue weighted by Gasteiger charge is -2.34. The van der Waals surface area contributed by atoms with Gasteiger partial charge in [-0.25, -0.2) is 4.98 Å². The number of aromatic nitrogens is 1. The second-order valence-corrected chi connectivity index (χ2v) is 14.8. The van der Waals surface area contributed by atoms with Gasteiger partial charge in [0.25, 0.3) is 0 Å². The third-order valence-electron chi connectivity index (χ3n) is 8.56.